The number of ether oxygens (including phenoxy) is 1. The number of nitrogens with zero attached hydrogens (tertiary/aromatic N) is 2. The molecule has 2 rings (SSSR count). The normalized spacial score (nSPS) is 11.0. The summed E-state index contributed by atoms with van der Waals surface area (Å²) < 4.78 is 5.31. The van der Waals surface area contributed by atoms with Crippen molar-refractivity contribution < 1.29 is 4.74 Å². The molecule has 0 amide bonds. The molecular weight excluding hydrogens is 286 g/mol. The lowest BCUT2D eigenvalue weighted by molar-refractivity contribution is 0.415. The molecule has 0 aliphatic heterocycles. The van der Waals surface area contributed by atoms with Gasteiger partial charge in [-0.2, -0.15) is 5.26 Å². The standard InChI is InChI=1S/C19H21N3O/c1-4-22(2)19-12-17(23-3)9-10-18(19)15(13-20)11-14-5-7-16(21)8-6-14/h5-12H,4,21H2,1-3H3/b15-11+. The molecule has 0 saturated carbocycles. The van der Waals surface area contributed by atoms with E-state index in [0.29, 0.717) is 11.3 Å². The maximum atomic E-state index is 9.61. The molecule has 0 fully saturated rings. The van der Waals surface area contributed by atoms with Gasteiger partial charge in [0.15, 0.2) is 0 Å². The van der Waals surface area contributed by atoms with E-state index < -0.39 is 0 Å². The zero-order valence-corrected chi connectivity index (χ0v) is 13.7. The number of benzene rings is 2. The summed E-state index contributed by atoms with van der Waals surface area (Å²) in [5.74, 6) is 0.772. The van der Waals surface area contributed by atoms with Crippen LogP contribution in [0.4, 0.5) is 11.4 Å². The van der Waals surface area contributed by atoms with Gasteiger partial charge in [0.1, 0.15) is 5.75 Å². The van der Waals surface area contributed by atoms with Gasteiger partial charge in [0.2, 0.25) is 0 Å². The fraction of sp³-hybridized carbons (Fsp3) is 0.211. The number of hydrogen-bond acceptors (Lipinski definition) is 4. The van der Waals surface area contributed by atoms with E-state index >= 15 is 0 Å². The van der Waals surface area contributed by atoms with Gasteiger partial charge in [0, 0.05) is 36.6 Å². The highest BCUT2D eigenvalue weighted by Gasteiger charge is 2.12. The summed E-state index contributed by atoms with van der Waals surface area (Å²) >= 11 is 0. The molecule has 2 N–H and O–H groups in total. The summed E-state index contributed by atoms with van der Waals surface area (Å²) in [7, 11) is 3.64. The maximum Gasteiger partial charge on any atom is 0.120 e. The van der Waals surface area contributed by atoms with Crippen LogP contribution >= 0.6 is 0 Å². The molecule has 0 aliphatic rings. The molecule has 4 nitrogen and oxygen atoms in total. The summed E-state index contributed by atoms with van der Waals surface area (Å²) in [5.41, 5.74) is 9.81. The Balaban J connectivity index is 2.53. The van der Waals surface area contributed by atoms with Gasteiger partial charge >= 0.3 is 0 Å². The van der Waals surface area contributed by atoms with E-state index in [2.05, 4.69) is 17.9 Å². The van der Waals surface area contributed by atoms with Gasteiger partial charge in [-0.05, 0) is 42.8 Å². The molecule has 0 aliphatic carbocycles. The molecule has 0 atom stereocenters. The van der Waals surface area contributed by atoms with Crippen molar-refractivity contribution in [3.63, 3.8) is 0 Å². The molecule has 0 heterocycles. The number of nitrogens with two attached hydrogens (primary N) is 1. The molecule has 2 aromatic rings. The quantitative estimate of drug-likeness (QED) is 0.518. The number of nitriles is 1. The lowest BCUT2D eigenvalue weighted by Gasteiger charge is -2.21. The molecule has 4 heteroatoms. The molecule has 2 aromatic carbocycles. The van der Waals surface area contributed by atoms with Crippen LogP contribution in [0.5, 0.6) is 5.75 Å². The first-order chi connectivity index (χ1) is 11.1. The fourth-order valence-corrected chi connectivity index (χ4v) is 2.28. The van der Waals surface area contributed by atoms with Crippen molar-refractivity contribution in [2.24, 2.45) is 0 Å². The van der Waals surface area contributed by atoms with E-state index in [-0.39, 0.29) is 0 Å². The Labute approximate surface area is 137 Å². The smallest absolute Gasteiger partial charge is 0.120 e. The van der Waals surface area contributed by atoms with Gasteiger partial charge in [0.25, 0.3) is 0 Å². The number of nitrogen functional groups attached to an aromatic ring is 1. The number of allylic oxidation sites excluding steroid dienone is 1. The Bertz CT molecular complexity index is 742. The number of hydrogen-bond donors (Lipinski definition) is 1. The molecule has 0 radical (unpaired) electrons. The van der Waals surface area contributed by atoms with Crippen LogP contribution in [0, 0.1) is 11.3 Å². The molecule has 0 saturated heterocycles. The van der Waals surface area contributed by atoms with Crippen LogP contribution in [0.25, 0.3) is 11.6 Å². The summed E-state index contributed by atoms with van der Waals surface area (Å²) in [6.07, 6.45) is 1.87. The third-order valence-electron chi connectivity index (χ3n) is 3.75. The Morgan fingerprint density at radius 1 is 1.26 bits per heavy atom. The van der Waals surface area contributed by atoms with E-state index in [4.69, 9.17) is 10.5 Å². The van der Waals surface area contributed by atoms with Crippen molar-refractivity contribution in [2.75, 3.05) is 31.3 Å². The van der Waals surface area contributed by atoms with Gasteiger partial charge in [-0.15, -0.1) is 0 Å². The van der Waals surface area contributed by atoms with Crippen molar-refractivity contribution in [3.8, 4) is 11.8 Å². The van der Waals surface area contributed by atoms with Gasteiger partial charge in [-0.3, -0.25) is 0 Å². The van der Waals surface area contributed by atoms with Crippen LogP contribution < -0.4 is 15.4 Å². The Morgan fingerprint density at radius 3 is 2.52 bits per heavy atom. The second-order valence-corrected chi connectivity index (χ2v) is 5.23. The molecule has 0 bridgehead atoms. The van der Waals surface area contributed by atoms with Crippen LogP contribution in [0.1, 0.15) is 18.1 Å². The number of methoxy groups -OCH3 is 1. The second-order valence-electron chi connectivity index (χ2n) is 5.23. The third-order valence-corrected chi connectivity index (χ3v) is 3.75. The van der Waals surface area contributed by atoms with Crippen molar-refractivity contribution in [3.05, 3.63) is 53.6 Å². The first-order valence-corrected chi connectivity index (χ1v) is 7.46. The highest BCUT2D eigenvalue weighted by molar-refractivity contribution is 5.94. The van der Waals surface area contributed by atoms with Gasteiger partial charge in [-0.25, -0.2) is 0 Å². The summed E-state index contributed by atoms with van der Waals surface area (Å²) in [6, 6.07) is 15.5. The van der Waals surface area contributed by atoms with E-state index in [1.807, 2.05) is 55.6 Å². The highest BCUT2D eigenvalue weighted by atomic mass is 16.5. The summed E-state index contributed by atoms with van der Waals surface area (Å²) in [5, 5.41) is 9.61. The lowest BCUT2D eigenvalue weighted by Crippen LogP contribution is -2.17. The van der Waals surface area contributed by atoms with Gasteiger partial charge in [0.05, 0.1) is 18.8 Å². The average Bonchev–Trinajstić information content (AvgIpc) is 2.60. The van der Waals surface area contributed by atoms with E-state index in [1.54, 1.807) is 7.11 Å². The first kappa shape index (κ1) is 16.4. The second kappa shape index (κ2) is 7.37. The predicted molar refractivity (Wildman–Crippen MR) is 96.3 cm³/mol. The van der Waals surface area contributed by atoms with E-state index in [1.165, 1.54) is 0 Å². The van der Waals surface area contributed by atoms with Crippen LogP contribution in [-0.4, -0.2) is 20.7 Å². The zero-order chi connectivity index (χ0) is 16.8. The highest BCUT2D eigenvalue weighted by Crippen LogP contribution is 2.31. The van der Waals surface area contributed by atoms with Crippen molar-refractivity contribution >= 4 is 23.0 Å². The van der Waals surface area contributed by atoms with Gasteiger partial charge < -0.3 is 15.4 Å². The average molecular weight is 307 g/mol. The van der Waals surface area contributed by atoms with Crippen LogP contribution in [-0.2, 0) is 0 Å². The minimum absolute atomic E-state index is 0.604. The number of rotatable bonds is 5. The van der Waals surface area contributed by atoms with Crippen LogP contribution in [0.2, 0.25) is 0 Å². The SMILES string of the molecule is CCN(C)c1cc(OC)ccc1/C(C#N)=C/c1ccc(N)cc1. The fourth-order valence-electron chi connectivity index (χ4n) is 2.28. The van der Waals surface area contributed by atoms with E-state index in [9.17, 15) is 5.26 Å². The molecule has 118 valence electrons. The molecule has 0 spiro atoms. The molecule has 23 heavy (non-hydrogen) atoms. The largest absolute Gasteiger partial charge is 0.497 e. The molecule has 0 aromatic heterocycles. The maximum absolute atomic E-state index is 9.61. The lowest BCUT2D eigenvalue weighted by atomic mass is 10.0. The van der Waals surface area contributed by atoms with Crippen molar-refractivity contribution in [2.45, 2.75) is 6.92 Å². The topological polar surface area (TPSA) is 62.3 Å². The Hall–Kier alpha value is -2.93. The molecular formula is C19H21N3O. The van der Waals surface area contributed by atoms with Crippen LogP contribution in [0.15, 0.2) is 42.5 Å². The first-order valence-electron chi connectivity index (χ1n) is 7.46. The predicted octanol–water partition coefficient (Wildman–Crippen LogP) is 3.80. The van der Waals surface area contributed by atoms with Gasteiger partial charge in [-0.1, -0.05) is 12.1 Å². The Morgan fingerprint density at radius 2 is 1.96 bits per heavy atom. The summed E-state index contributed by atoms with van der Waals surface area (Å²) in [6.45, 7) is 2.90. The molecule has 0 unspecified atom stereocenters. The van der Waals surface area contributed by atoms with E-state index in [0.717, 1.165) is 29.1 Å². The minimum atomic E-state index is 0.604. The Kier molecular flexibility index (Phi) is 5.27. The van der Waals surface area contributed by atoms with Crippen LogP contribution in [0.3, 0.4) is 0 Å². The minimum Gasteiger partial charge on any atom is -0.497 e. The summed E-state index contributed by atoms with van der Waals surface area (Å²) in [4.78, 5) is 2.09. The zero-order valence-electron chi connectivity index (χ0n) is 13.7. The van der Waals surface area contributed by atoms with Crippen molar-refractivity contribution in [1.82, 2.24) is 0 Å². The number of anilines is 2. The van der Waals surface area contributed by atoms with Crippen molar-refractivity contribution in [1.29, 1.82) is 5.26 Å². The third kappa shape index (κ3) is 3.83. The monoisotopic (exact) mass is 307 g/mol.